The van der Waals surface area contributed by atoms with Gasteiger partial charge < -0.3 is 5.11 Å². The highest BCUT2D eigenvalue weighted by Gasteiger charge is 2.39. The molecule has 0 saturated carbocycles. The summed E-state index contributed by atoms with van der Waals surface area (Å²) in [5.74, 6) is -1.39. The maximum atomic E-state index is 13.0. The highest BCUT2D eigenvalue weighted by atomic mass is 35.5. The van der Waals surface area contributed by atoms with Crippen LogP contribution in [0.25, 0.3) is 10.6 Å². The average molecular weight is 471 g/mol. The van der Waals surface area contributed by atoms with E-state index in [1.807, 2.05) is 37.3 Å². The zero-order chi connectivity index (χ0) is 22.2. The van der Waals surface area contributed by atoms with Gasteiger partial charge >= 0.3 is 5.97 Å². The maximum Gasteiger partial charge on any atom is 0.347 e. The minimum absolute atomic E-state index is 0.104. The molecule has 0 fully saturated rings. The number of allylic oxidation sites excluding steroid dienone is 1. The summed E-state index contributed by atoms with van der Waals surface area (Å²) in [5.41, 5.74) is 0.741. The normalized spacial score (nSPS) is 17.6. The van der Waals surface area contributed by atoms with Crippen LogP contribution >= 0.6 is 34.5 Å². The highest BCUT2D eigenvalue weighted by Crippen LogP contribution is 2.41. The molecule has 4 rings (SSSR count). The van der Waals surface area contributed by atoms with Gasteiger partial charge in [-0.15, -0.1) is 11.3 Å². The second-order valence-corrected chi connectivity index (χ2v) is 8.80. The van der Waals surface area contributed by atoms with E-state index in [9.17, 15) is 14.7 Å². The summed E-state index contributed by atoms with van der Waals surface area (Å²) >= 11 is 13.2. The fraction of sp³-hybridized carbons (Fsp3) is 0.130. The van der Waals surface area contributed by atoms with Gasteiger partial charge in [0.25, 0.3) is 0 Å². The quantitative estimate of drug-likeness (QED) is 0.427. The van der Waals surface area contributed by atoms with Gasteiger partial charge in [0.05, 0.1) is 10.7 Å². The number of aliphatic imine (C=N–C) groups is 1. The predicted octanol–water partition coefficient (Wildman–Crippen LogP) is 6.31. The van der Waals surface area contributed by atoms with E-state index in [1.54, 1.807) is 18.2 Å². The van der Waals surface area contributed by atoms with E-state index in [-0.39, 0.29) is 15.7 Å². The number of carbonyl (C=O) groups is 2. The molecular weight excluding hydrogens is 455 g/mol. The topological polar surface area (TPSA) is 79.6 Å². The third kappa shape index (κ3) is 3.94. The van der Waals surface area contributed by atoms with Gasteiger partial charge in [0.2, 0.25) is 0 Å². The molecule has 5 nitrogen and oxygen atoms in total. The summed E-state index contributed by atoms with van der Waals surface area (Å²) in [6, 6.07) is 14.0. The second kappa shape index (κ2) is 8.38. The number of rotatable bonds is 6. The van der Waals surface area contributed by atoms with Crippen molar-refractivity contribution >= 4 is 52.5 Å². The van der Waals surface area contributed by atoms with Crippen LogP contribution in [-0.4, -0.2) is 28.1 Å². The molecule has 8 heteroatoms. The molecule has 0 spiro atoms. The summed E-state index contributed by atoms with van der Waals surface area (Å²) in [6.07, 6.45) is 3.58. The first kappa shape index (κ1) is 21.4. The molecule has 0 bridgehead atoms. The molecule has 0 radical (unpaired) electrons. The Morgan fingerprint density at radius 2 is 1.87 bits per heavy atom. The number of aromatic nitrogens is 1. The number of halogens is 2. The number of carboxylic acids is 1. The van der Waals surface area contributed by atoms with Gasteiger partial charge in [-0.25, -0.2) is 9.78 Å². The second-order valence-electron chi connectivity index (χ2n) is 6.96. The minimum Gasteiger partial charge on any atom is -0.477 e. The van der Waals surface area contributed by atoms with Crippen molar-refractivity contribution in [3.8, 4) is 10.6 Å². The number of Topliss-reactive ketones (excluding diaryl/α,β-unsaturated/α-hetero) is 1. The third-order valence-corrected chi connectivity index (χ3v) is 6.70. The molecule has 2 heterocycles. The summed E-state index contributed by atoms with van der Waals surface area (Å²) in [6.45, 7) is 1.88. The number of carboxylic acid groups (broad SMARTS) is 1. The van der Waals surface area contributed by atoms with Gasteiger partial charge in [-0.1, -0.05) is 60.5 Å². The van der Waals surface area contributed by atoms with Gasteiger partial charge in [-0.2, -0.15) is 0 Å². The van der Waals surface area contributed by atoms with E-state index in [0.29, 0.717) is 33.3 Å². The Balaban J connectivity index is 1.79. The van der Waals surface area contributed by atoms with Crippen molar-refractivity contribution in [2.45, 2.75) is 18.9 Å². The zero-order valence-electron chi connectivity index (χ0n) is 16.3. The van der Waals surface area contributed by atoms with Crippen LogP contribution in [0.2, 0.25) is 10.0 Å². The molecule has 1 aliphatic heterocycles. The van der Waals surface area contributed by atoms with Gasteiger partial charge in [0, 0.05) is 27.9 Å². The fourth-order valence-corrected chi connectivity index (χ4v) is 4.91. The Hall–Kier alpha value is -2.80. The number of aromatic carboxylic acids is 1. The smallest absolute Gasteiger partial charge is 0.347 e. The van der Waals surface area contributed by atoms with Crippen molar-refractivity contribution in [1.82, 2.24) is 4.98 Å². The lowest BCUT2D eigenvalue weighted by Gasteiger charge is -2.21. The molecule has 0 amide bonds. The number of nitrogens with zero attached hydrogens (tertiary/aromatic N) is 2. The van der Waals surface area contributed by atoms with Gasteiger partial charge in [0.15, 0.2) is 5.78 Å². The van der Waals surface area contributed by atoms with Crippen molar-refractivity contribution in [3.05, 3.63) is 86.4 Å². The predicted molar refractivity (Wildman–Crippen MR) is 124 cm³/mol. The van der Waals surface area contributed by atoms with Crippen LogP contribution in [0.5, 0.6) is 0 Å². The summed E-state index contributed by atoms with van der Waals surface area (Å²) < 4.78 is 0. The molecule has 1 aliphatic rings. The lowest BCUT2D eigenvalue weighted by molar-refractivity contribution is 0.0699. The Bertz CT molecular complexity index is 1250. The van der Waals surface area contributed by atoms with Crippen molar-refractivity contribution in [3.63, 3.8) is 0 Å². The Labute approximate surface area is 192 Å². The zero-order valence-corrected chi connectivity index (χ0v) is 18.6. The molecule has 1 N–H and O–H groups in total. The van der Waals surface area contributed by atoms with E-state index < -0.39 is 11.5 Å². The molecule has 3 aromatic rings. The van der Waals surface area contributed by atoms with Gasteiger partial charge in [-0.3, -0.25) is 9.79 Å². The summed E-state index contributed by atoms with van der Waals surface area (Å²) in [4.78, 5) is 34.3. The molecule has 0 aliphatic carbocycles. The minimum atomic E-state index is -1.08. The van der Waals surface area contributed by atoms with Crippen LogP contribution in [0.3, 0.4) is 0 Å². The Morgan fingerprint density at radius 3 is 2.52 bits per heavy atom. The number of benzene rings is 2. The van der Waals surface area contributed by atoms with Crippen LogP contribution in [0.15, 0.2) is 65.2 Å². The van der Waals surface area contributed by atoms with Crippen LogP contribution in [0.4, 0.5) is 0 Å². The van der Waals surface area contributed by atoms with Crippen LogP contribution in [0.1, 0.15) is 39.1 Å². The largest absolute Gasteiger partial charge is 0.477 e. The molecule has 31 heavy (non-hydrogen) atoms. The first-order valence-electron chi connectivity index (χ1n) is 9.42. The lowest BCUT2D eigenvalue weighted by atomic mass is 9.90. The number of thiazole rings is 1. The van der Waals surface area contributed by atoms with Crippen LogP contribution in [-0.2, 0) is 5.54 Å². The highest BCUT2D eigenvalue weighted by molar-refractivity contribution is 7.17. The first-order chi connectivity index (χ1) is 14.8. The number of carbonyl (C=O) groups excluding carboxylic acids is 1. The van der Waals surface area contributed by atoms with Crippen molar-refractivity contribution in [1.29, 1.82) is 0 Å². The van der Waals surface area contributed by atoms with E-state index in [4.69, 9.17) is 23.2 Å². The lowest BCUT2D eigenvalue weighted by Crippen LogP contribution is -2.21. The van der Waals surface area contributed by atoms with E-state index in [2.05, 4.69) is 9.98 Å². The number of hydrogen-bond donors (Lipinski definition) is 1. The SMILES string of the molecule is CCC1(c2nc(-c3ccccc3)sc2C(=O)O)C=C(C(=O)c2ccc(Cl)cc2Cl)C=N1. The molecule has 1 atom stereocenters. The van der Waals surface area contributed by atoms with Crippen molar-refractivity contribution in [2.24, 2.45) is 4.99 Å². The monoisotopic (exact) mass is 470 g/mol. The molecule has 2 aromatic carbocycles. The molecule has 156 valence electrons. The fourth-order valence-electron chi connectivity index (χ4n) is 3.42. The van der Waals surface area contributed by atoms with Gasteiger partial charge in [0.1, 0.15) is 15.4 Å². The van der Waals surface area contributed by atoms with E-state index in [0.717, 1.165) is 16.9 Å². The van der Waals surface area contributed by atoms with Crippen molar-refractivity contribution in [2.75, 3.05) is 0 Å². The molecule has 0 saturated heterocycles. The molecule has 1 aromatic heterocycles. The van der Waals surface area contributed by atoms with E-state index >= 15 is 0 Å². The summed E-state index contributed by atoms with van der Waals surface area (Å²) in [5, 5.41) is 11.1. The van der Waals surface area contributed by atoms with Crippen molar-refractivity contribution < 1.29 is 14.7 Å². The standard InChI is InChI=1S/C23H16Cl2N2O3S/c1-2-23(11-14(12-26-23)18(28)16-9-8-15(24)10-17(16)25)20-19(22(29)30)31-21(27-20)13-6-4-3-5-7-13/h3-12H,2H2,1H3,(H,29,30). The average Bonchev–Trinajstić information content (AvgIpc) is 3.40. The van der Waals surface area contributed by atoms with Gasteiger partial charge in [-0.05, 0) is 30.7 Å². The Morgan fingerprint density at radius 1 is 1.13 bits per heavy atom. The first-order valence-corrected chi connectivity index (χ1v) is 11.0. The summed E-state index contributed by atoms with van der Waals surface area (Å²) in [7, 11) is 0. The van der Waals surface area contributed by atoms with E-state index in [1.165, 1.54) is 12.3 Å². The number of hydrogen-bond acceptors (Lipinski definition) is 5. The number of ketones is 1. The third-order valence-electron chi connectivity index (χ3n) is 5.06. The van der Waals surface area contributed by atoms with Crippen LogP contribution in [0, 0.1) is 0 Å². The Kier molecular flexibility index (Phi) is 5.79. The molecular formula is C23H16Cl2N2O3S. The maximum absolute atomic E-state index is 13.0. The van der Waals surface area contributed by atoms with Crippen LogP contribution < -0.4 is 0 Å². The molecule has 1 unspecified atom stereocenters.